The van der Waals surface area contributed by atoms with E-state index in [4.69, 9.17) is 15.2 Å². The number of halogens is 3. The fourth-order valence-electron chi connectivity index (χ4n) is 2.47. The van der Waals surface area contributed by atoms with E-state index in [-0.39, 0.29) is 48.5 Å². The molecule has 2 aromatic carbocycles. The minimum Gasteiger partial charge on any atom is -0.490 e. The number of guanidine groups is 1. The minimum absolute atomic E-state index is 0. The van der Waals surface area contributed by atoms with Gasteiger partial charge in [-0.25, -0.2) is 8.78 Å². The minimum atomic E-state index is -0.861. The summed E-state index contributed by atoms with van der Waals surface area (Å²) in [6, 6.07) is 9.48. The molecule has 140 valence electrons. The first-order chi connectivity index (χ1) is 12.1. The van der Waals surface area contributed by atoms with Crippen LogP contribution >= 0.6 is 24.0 Å². The Balaban J connectivity index is 0.00000243. The fraction of sp³-hybridized carbons (Fsp3) is 0.278. The number of nitrogens with one attached hydrogen (secondary N) is 1. The lowest BCUT2D eigenvalue weighted by atomic mass is 10.1. The van der Waals surface area contributed by atoms with Gasteiger partial charge in [-0.1, -0.05) is 12.1 Å². The van der Waals surface area contributed by atoms with Gasteiger partial charge in [0.25, 0.3) is 0 Å². The molecule has 0 amide bonds. The van der Waals surface area contributed by atoms with Crippen molar-refractivity contribution in [3.8, 4) is 11.5 Å². The van der Waals surface area contributed by atoms with Gasteiger partial charge in [0.1, 0.15) is 0 Å². The van der Waals surface area contributed by atoms with E-state index < -0.39 is 11.6 Å². The SMILES string of the molecule is I.NC(=NCCc1cccc(F)c1F)Nc1ccc2c(c1)OCCCO2. The van der Waals surface area contributed by atoms with E-state index >= 15 is 0 Å². The molecule has 1 heterocycles. The second-order valence-corrected chi connectivity index (χ2v) is 5.57. The van der Waals surface area contributed by atoms with E-state index in [2.05, 4.69) is 10.3 Å². The van der Waals surface area contributed by atoms with E-state index in [1.54, 1.807) is 12.1 Å². The molecule has 1 aliphatic heterocycles. The molecule has 5 nitrogen and oxygen atoms in total. The third kappa shape index (κ3) is 5.20. The Morgan fingerprint density at radius 3 is 2.69 bits per heavy atom. The number of nitrogens with two attached hydrogens (primary N) is 1. The highest BCUT2D eigenvalue weighted by molar-refractivity contribution is 14.0. The molecular weight excluding hydrogens is 455 g/mol. The van der Waals surface area contributed by atoms with Gasteiger partial charge in [-0.05, 0) is 30.2 Å². The average Bonchev–Trinajstić information content (AvgIpc) is 2.83. The molecule has 0 saturated heterocycles. The predicted octanol–water partition coefficient (Wildman–Crippen LogP) is 3.71. The van der Waals surface area contributed by atoms with Crippen LogP contribution in [0.2, 0.25) is 0 Å². The first kappa shape index (κ1) is 20.2. The van der Waals surface area contributed by atoms with Crippen molar-refractivity contribution in [3.63, 3.8) is 0 Å². The molecule has 0 unspecified atom stereocenters. The molecule has 0 atom stereocenters. The quantitative estimate of drug-likeness (QED) is 0.402. The Morgan fingerprint density at radius 2 is 1.88 bits per heavy atom. The molecule has 0 aliphatic carbocycles. The molecule has 0 fully saturated rings. The molecule has 26 heavy (non-hydrogen) atoms. The molecule has 0 spiro atoms. The van der Waals surface area contributed by atoms with Crippen LogP contribution in [-0.4, -0.2) is 25.7 Å². The maximum absolute atomic E-state index is 13.6. The van der Waals surface area contributed by atoms with E-state index in [0.717, 1.165) is 12.5 Å². The van der Waals surface area contributed by atoms with Crippen LogP contribution in [0, 0.1) is 11.6 Å². The van der Waals surface area contributed by atoms with Crippen LogP contribution in [0.3, 0.4) is 0 Å². The summed E-state index contributed by atoms with van der Waals surface area (Å²) in [5.41, 5.74) is 6.82. The normalized spacial score (nSPS) is 13.5. The lowest BCUT2D eigenvalue weighted by molar-refractivity contribution is 0.297. The molecule has 0 radical (unpaired) electrons. The highest BCUT2D eigenvalue weighted by Gasteiger charge is 2.11. The molecule has 0 bridgehead atoms. The number of nitrogens with zero attached hydrogens (tertiary/aromatic N) is 1. The van der Waals surface area contributed by atoms with E-state index in [0.29, 0.717) is 30.4 Å². The third-order valence-corrected chi connectivity index (χ3v) is 3.71. The lowest BCUT2D eigenvalue weighted by Gasteiger charge is -2.10. The van der Waals surface area contributed by atoms with Crippen molar-refractivity contribution < 1.29 is 18.3 Å². The molecule has 1 aliphatic rings. The second kappa shape index (κ2) is 9.56. The number of hydrogen-bond donors (Lipinski definition) is 2. The Morgan fingerprint density at radius 1 is 1.12 bits per heavy atom. The highest BCUT2D eigenvalue weighted by Crippen LogP contribution is 2.32. The van der Waals surface area contributed by atoms with Gasteiger partial charge in [-0.2, -0.15) is 0 Å². The fourth-order valence-corrected chi connectivity index (χ4v) is 2.47. The smallest absolute Gasteiger partial charge is 0.193 e. The number of hydrogen-bond acceptors (Lipinski definition) is 3. The van der Waals surface area contributed by atoms with Gasteiger partial charge < -0.3 is 20.5 Å². The third-order valence-electron chi connectivity index (χ3n) is 3.71. The summed E-state index contributed by atoms with van der Waals surface area (Å²) in [4.78, 5) is 4.14. The summed E-state index contributed by atoms with van der Waals surface area (Å²) in [7, 11) is 0. The Bertz CT molecular complexity index is 787. The van der Waals surface area contributed by atoms with Gasteiger partial charge in [-0.3, -0.25) is 4.99 Å². The van der Waals surface area contributed by atoms with Crippen molar-refractivity contribution in [3.05, 3.63) is 53.6 Å². The summed E-state index contributed by atoms with van der Waals surface area (Å²) in [6.07, 6.45) is 1.09. The molecule has 0 saturated carbocycles. The van der Waals surface area contributed by atoms with Crippen LogP contribution in [-0.2, 0) is 6.42 Å². The van der Waals surface area contributed by atoms with Crippen LogP contribution < -0.4 is 20.5 Å². The monoisotopic (exact) mass is 475 g/mol. The molecule has 0 aromatic heterocycles. The van der Waals surface area contributed by atoms with Crippen molar-refractivity contribution >= 4 is 35.6 Å². The molecule has 3 N–H and O–H groups in total. The Hall–Kier alpha value is -2.10. The molecular formula is C18H20F2IN3O2. The predicted molar refractivity (Wildman–Crippen MR) is 108 cm³/mol. The van der Waals surface area contributed by atoms with Gasteiger partial charge in [-0.15, -0.1) is 24.0 Å². The number of anilines is 1. The maximum atomic E-state index is 13.6. The zero-order chi connectivity index (χ0) is 17.6. The zero-order valence-corrected chi connectivity index (χ0v) is 16.3. The lowest BCUT2D eigenvalue weighted by Crippen LogP contribution is -2.23. The summed E-state index contributed by atoms with van der Waals surface area (Å²) in [5.74, 6) is -0.171. The summed E-state index contributed by atoms with van der Waals surface area (Å²) in [6.45, 7) is 1.46. The van der Waals surface area contributed by atoms with Crippen molar-refractivity contribution in [2.75, 3.05) is 25.1 Å². The highest BCUT2D eigenvalue weighted by atomic mass is 127. The van der Waals surface area contributed by atoms with Gasteiger partial charge >= 0.3 is 0 Å². The van der Waals surface area contributed by atoms with Crippen molar-refractivity contribution in [1.29, 1.82) is 0 Å². The van der Waals surface area contributed by atoms with E-state index in [9.17, 15) is 8.78 Å². The first-order valence-corrected chi connectivity index (χ1v) is 8.03. The largest absolute Gasteiger partial charge is 0.490 e. The number of ether oxygens (including phenoxy) is 2. The molecule has 3 rings (SSSR count). The van der Waals surface area contributed by atoms with Crippen molar-refractivity contribution in [1.82, 2.24) is 0 Å². The van der Waals surface area contributed by atoms with Crippen molar-refractivity contribution in [2.24, 2.45) is 10.7 Å². The zero-order valence-electron chi connectivity index (χ0n) is 14.0. The topological polar surface area (TPSA) is 68.9 Å². The van der Waals surface area contributed by atoms with Crippen LogP contribution in [0.15, 0.2) is 41.4 Å². The summed E-state index contributed by atoms with van der Waals surface area (Å²) in [5, 5.41) is 2.95. The standard InChI is InChI=1S/C18H19F2N3O2.HI/c19-14-4-1-3-12(17(14)20)7-8-22-18(21)23-13-5-6-15-16(11-13)25-10-2-9-24-15;/h1,3-6,11H,2,7-10H2,(H3,21,22,23);1H. The average molecular weight is 475 g/mol. The van der Waals surface area contributed by atoms with Crippen molar-refractivity contribution in [2.45, 2.75) is 12.8 Å². The number of rotatable bonds is 4. The number of benzene rings is 2. The summed E-state index contributed by atoms with van der Waals surface area (Å²) >= 11 is 0. The molecule has 2 aromatic rings. The summed E-state index contributed by atoms with van der Waals surface area (Å²) < 4.78 is 37.9. The maximum Gasteiger partial charge on any atom is 0.193 e. The van der Waals surface area contributed by atoms with Gasteiger partial charge in [0.05, 0.1) is 13.2 Å². The van der Waals surface area contributed by atoms with Gasteiger partial charge in [0, 0.05) is 24.7 Å². The van der Waals surface area contributed by atoms with E-state index in [1.807, 2.05) is 6.07 Å². The Labute approximate surface area is 167 Å². The van der Waals surface area contributed by atoms with Crippen LogP contribution in [0.1, 0.15) is 12.0 Å². The van der Waals surface area contributed by atoms with E-state index in [1.165, 1.54) is 12.1 Å². The number of fused-ring (bicyclic) bond motifs is 1. The Kier molecular flexibility index (Phi) is 7.43. The first-order valence-electron chi connectivity index (χ1n) is 8.03. The van der Waals surface area contributed by atoms with Crippen LogP contribution in [0.4, 0.5) is 14.5 Å². The molecule has 8 heteroatoms. The second-order valence-electron chi connectivity index (χ2n) is 5.57. The van der Waals surface area contributed by atoms with Crippen LogP contribution in [0.25, 0.3) is 0 Å². The number of aliphatic imine (C=N–C) groups is 1. The van der Waals surface area contributed by atoms with Crippen LogP contribution in [0.5, 0.6) is 11.5 Å². The van der Waals surface area contributed by atoms with Gasteiger partial charge in [0.15, 0.2) is 29.1 Å². The van der Waals surface area contributed by atoms with Gasteiger partial charge in [0.2, 0.25) is 0 Å².